The van der Waals surface area contributed by atoms with E-state index in [1.165, 1.54) is 12.1 Å². The van der Waals surface area contributed by atoms with Crippen LogP contribution in [0, 0.1) is 10.1 Å². The molecule has 1 aliphatic heterocycles. The van der Waals surface area contributed by atoms with Crippen LogP contribution in [0.3, 0.4) is 0 Å². The number of nitro benzene ring substituents is 1. The van der Waals surface area contributed by atoms with Crippen LogP contribution in [0.2, 0.25) is 0 Å². The maximum Gasteiger partial charge on any atom is 0.289 e. The molecule has 0 atom stereocenters. The molecule has 0 aliphatic carbocycles. The van der Waals surface area contributed by atoms with Crippen LogP contribution >= 0.6 is 24.0 Å². The Morgan fingerprint density at radius 1 is 1.47 bits per heavy atom. The van der Waals surface area contributed by atoms with Crippen LogP contribution in [0.1, 0.15) is 5.56 Å². The van der Waals surface area contributed by atoms with E-state index in [9.17, 15) is 14.9 Å². The quantitative estimate of drug-likeness (QED) is 0.385. The lowest BCUT2D eigenvalue weighted by atomic mass is 10.2. The molecular weight excluding hydrogens is 260 g/mol. The number of hydrogen-bond donors (Lipinski definition) is 1. The normalized spacial score (nSPS) is 17.3. The van der Waals surface area contributed by atoms with Gasteiger partial charge in [-0.3, -0.25) is 14.9 Å². The molecule has 1 aliphatic rings. The molecule has 1 heterocycles. The number of nitrogens with zero attached hydrogens (tertiary/aromatic N) is 1. The SMILES string of the molecule is O=C1NC(=S)/C(=C/c2cccc([N+](=O)[O-])c2)S1. The van der Waals surface area contributed by atoms with Gasteiger partial charge in [0.2, 0.25) is 0 Å². The van der Waals surface area contributed by atoms with Crippen LogP contribution in [0.25, 0.3) is 6.08 Å². The minimum absolute atomic E-state index is 0.00699. The predicted molar refractivity (Wildman–Crippen MR) is 69.8 cm³/mol. The van der Waals surface area contributed by atoms with Gasteiger partial charge >= 0.3 is 0 Å². The molecule has 86 valence electrons. The third kappa shape index (κ3) is 2.69. The number of carbonyl (C=O) groups is 1. The van der Waals surface area contributed by atoms with Gasteiger partial charge in [-0.25, -0.2) is 0 Å². The molecule has 7 heteroatoms. The summed E-state index contributed by atoms with van der Waals surface area (Å²) in [5.41, 5.74) is 0.646. The average Bonchev–Trinajstić information content (AvgIpc) is 2.58. The Bertz CT molecular complexity index is 554. The number of hydrogen-bond acceptors (Lipinski definition) is 5. The molecule has 1 saturated heterocycles. The number of thioether (sulfide) groups is 1. The van der Waals surface area contributed by atoms with E-state index < -0.39 is 4.92 Å². The first-order valence-corrected chi connectivity index (χ1v) is 5.78. The van der Waals surface area contributed by atoms with Gasteiger partial charge in [-0.15, -0.1) is 0 Å². The Labute approximate surface area is 106 Å². The van der Waals surface area contributed by atoms with Crippen molar-refractivity contribution in [1.29, 1.82) is 0 Å². The molecule has 5 nitrogen and oxygen atoms in total. The van der Waals surface area contributed by atoms with Crippen LogP contribution < -0.4 is 5.32 Å². The third-order valence-electron chi connectivity index (χ3n) is 2.02. The highest BCUT2D eigenvalue weighted by atomic mass is 32.2. The molecule has 0 radical (unpaired) electrons. The summed E-state index contributed by atoms with van der Waals surface area (Å²) in [4.78, 5) is 22.1. The largest absolute Gasteiger partial charge is 0.307 e. The Balaban J connectivity index is 2.33. The first-order valence-electron chi connectivity index (χ1n) is 4.55. The summed E-state index contributed by atoms with van der Waals surface area (Å²) in [5, 5.41) is 12.8. The maximum atomic E-state index is 11.0. The smallest absolute Gasteiger partial charge is 0.289 e. The summed E-state index contributed by atoms with van der Waals surface area (Å²) in [5.74, 6) is 0. The number of nitrogens with one attached hydrogen (secondary N) is 1. The zero-order valence-electron chi connectivity index (χ0n) is 8.38. The zero-order chi connectivity index (χ0) is 12.4. The molecule has 1 amide bonds. The Hall–Kier alpha value is -1.73. The highest BCUT2D eigenvalue weighted by Crippen LogP contribution is 2.27. The van der Waals surface area contributed by atoms with Crippen molar-refractivity contribution < 1.29 is 9.72 Å². The summed E-state index contributed by atoms with van der Waals surface area (Å²) in [6.07, 6.45) is 1.65. The number of carbonyl (C=O) groups excluding carboxylic acids is 1. The van der Waals surface area contributed by atoms with Crippen molar-refractivity contribution in [3.05, 3.63) is 44.8 Å². The van der Waals surface area contributed by atoms with Crippen molar-refractivity contribution in [3.63, 3.8) is 0 Å². The Morgan fingerprint density at radius 2 is 2.24 bits per heavy atom. The van der Waals surface area contributed by atoms with Crippen LogP contribution in [0.5, 0.6) is 0 Å². The van der Waals surface area contributed by atoms with E-state index in [-0.39, 0.29) is 10.9 Å². The van der Waals surface area contributed by atoms with Crippen LogP contribution in [-0.2, 0) is 0 Å². The number of rotatable bonds is 2. The molecule has 0 aromatic heterocycles. The molecule has 0 bridgehead atoms. The molecule has 1 fully saturated rings. The zero-order valence-corrected chi connectivity index (χ0v) is 10.0. The molecule has 0 spiro atoms. The molecule has 1 aromatic rings. The summed E-state index contributed by atoms with van der Waals surface area (Å²) >= 11 is 5.93. The second-order valence-electron chi connectivity index (χ2n) is 3.20. The van der Waals surface area contributed by atoms with Crippen LogP contribution in [0.4, 0.5) is 10.5 Å². The van der Waals surface area contributed by atoms with Gasteiger partial charge in [-0.2, -0.15) is 0 Å². The summed E-state index contributed by atoms with van der Waals surface area (Å²) in [6.45, 7) is 0. The van der Waals surface area contributed by atoms with E-state index in [0.29, 0.717) is 15.5 Å². The molecule has 1 N–H and O–H groups in total. The van der Waals surface area contributed by atoms with Gasteiger partial charge in [0, 0.05) is 12.1 Å². The molecule has 1 aromatic carbocycles. The topological polar surface area (TPSA) is 72.2 Å². The summed E-state index contributed by atoms with van der Waals surface area (Å²) < 4.78 is 0. The molecule has 2 rings (SSSR count). The maximum absolute atomic E-state index is 11.0. The number of thiocarbonyl (C=S) groups is 1. The Kier molecular flexibility index (Phi) is 3.21. The monoisotopic (exact) mass is 266 g/mol. The van der Waals surface area contributed by atoms with E-state index in [1.807, 2.05) is 0 Å². The predicted octanol–water partition coefficient (Wildman–Crippen LogP) is 2.72. The average molecular weight is 266 g/mol. The fourth-order valence-corrected chi connectivity index (χ4v) is 2.33. The highest BCUT2D eigenvalue weighted by Gasteiger charge is 2.21. The first kappa shape index (κ1) is 11.7. The summed E-state index contributed by atoms with van der Waals surface area (Å²) in [6, 6.07) is 6.14. The van der Waals surface area contributed by atoms with Crippen molar-refractivity contribution in [2.75, 3.05) is 0 Å². The van der Waals surface area contributed by atoms with Crippen molar-refractivity contribution in [1.82, 2.24) is 5.32 Å². The standard InChI is InChI=1S/C10H6N2O3S2/c13-10-11-9(16)8(17-10)5-6-2-1-3-7(4-6)12(14)15/h1-5H,(H,11,13,16)/b8-5-. The lowest BCUT2D eigenvalue weighted by molar-refractivity contribution is -0.384. The van der Waals surface area contributed by atoms with Crippen molar-refractivity contribution >= 4 is 46.0 Å². The minimum atomic E-state index is -0.467. The second-order valence-corrected chi connectivity index (χ2v) is 4.63. The lowest BCUT2D eigenvalue weighted by Gasteiger charge is -1.96. The van der Waals surface area contributed by atoms with Crippen molar-refractivity contribution in [2.24, 2.45) is 0 Å². The van der Waals surface area contributed by atoms with E-state index >= 15 is 0 Å². The lowest BCUT2D eigenvalue weighted by Crippen LogP contribution is -2.15. The van der Waals surface area contributed by atoms with Crippen molar-refractivity contribution in [2.45, 2.75) is 0 Å². The van der Waals surface area contributed by atoms with E-state index in [4.69, 9.17) is 12.2 Å². The van der Waals surface area contributed by atoms with E-state index in [2.05, 4.69) is 5.32 Å². The number of benzene rings is 1. The van der Waals surface area contributed by atoms with Gasteiger partial charge in [0.15, 0.2) is 0 Å². The van der Waals surface area contributed by atoms with Gasteiger partial charge < -0.3 is 5.32 Å². The number of amides is 1. The molecule has 0 saturated carbocycles. The minimum Gasteiger partial charge on any atom is -0.307 e. The summed E-state index contributed by atoms with van der Waals surface area (Å²) in [7, 11) is 0. The third-order valence-corrected chi connectivity index (χ3v) is 3.30. The van der Waals surface area contributed by atoms with E-state index in [0.717, 1.165) is 11.8 Å². The number of nitro groups is 1. The van der Waals surface area contributed by atoms with Gasteiger partial charge in [0.25, 0.3) is 10.9 Å². The fraction of sp³-hybridized carbons (Fsp3) is 0. The fourth-order valence-electron chi connectivity index (χ4n) is 1.30. The van der Waals surface area contributed by atoms with Gasteiger partial charge in [0.1, 0.15) is 4.99 Å². The van der Waals surface area contributed by atoms with Gasteiger partial charge in [-0.05, 0) is 23.4 Å². The second kappa shape index (κ2) is 4.64. The Morgan fingerprint density at radius 3 is 2.82 bits per heavy atom. The van der Waals surface area contributed by atoms with Crippen LogP contribution in [-0.4, -0.2) is 15.2 Å². The van der Waals surface area contributed by atoms with E-state index in [1.54, 1.807) is 18.2 Å². The van der Waals surface area contributed by atoms with Gasteiger partial charge in [-0.1, -0.05) is 24.4 Å². The molecule has 17 heavy (non-hydrogen) atoms. The van der Waals surface area contributed by atoms with Crippen LogP contribution in [0.15, 0.2) is 29.2 Å². The number of non-ortho nitro benzene ring substituents is 1. The van der Waals surface area contributed by atoms with Gasteiger partial charge in [0.05, 0.1) is 9.83 Å². The highest BCUT2D eigenvalue weighted by molar-refractivity contribution is 8.19. The van der Waals surface area contributed by atoms with Crippen molar-refractivity contribution in [3.8, 4) is 0 Å². The molecule has 0 unspecified atom stereocenters. The first-order chi connectivity index (χ1) is 8.06. The molecular formula is C10H6N2O3S2.